The fourth-order valence-corrected chi connectivity index (χ4v) is 3.28. The zero-order valence-corrected chi connectivity index (χ0v) is 12.4. The molecule has 0 bridgehead atoms. The highest BCUT2D eigenvalue weighted by Gasteiger charge is 2.11. The third-order valence-corrected chi connectivity index (χ3v) is 4.45. The van der Waals surface area contributed by atoms with E-state index in [1.807, 2.05) is 19.2 Å². The van der Waals surface area contributed by atoms with Crippen molar-refractivity contribution < 1.29 is 9.13 Å². The van der Waals surface area contributed by atoms with Crippen LogP contribution >= 0.6 is 23.1 Å². The van der Waals surface area contributed by atoms with Gasteiger partial charge in [-0.3, -0.25) is 0 Å². The maximum atomic E-state index is 13.7. The van der Waals surface area contributed by atoms with E-state index in [0.29, 0.717) is 12.3 Å². The Bertz CT molecular complexity index is 572. The Labute approximate surface area is 120 Å². The summed E-state index contributed by atoms with van der Waals surface area (Å²) in [4.78, 5) is 5.12. The minimum atomic E-state index is -0.425. The van der Waals surface area contributed by atoms with Crippen LogP contribution in [0.1, 0.15) is 19.0 Å². The predicted octanol–water partition coefficient (Wildman–Crippen LogP) is 4.11. The molecule has 2 N–H and O–H groups in total. The second kappa shape index (κ2) is 6.25. The first-order valence-electron chi connectivity index (χ1n) is 5.92. The lowest BCUT2D eigenvalue weighted by atomic mass is 10.3. The number of nitrogens with zero attached hydrogens (tertiary/aromatic N) is 1. The number of ether oxygens (including phenoxy) is 1. The van der Waals surface area contributed by atoms with E-state index in [1.54, 1.807) is 17.4 Å². The molecule has 0 saturated carbocycles. The summed E-state index contributed by atoms with van der Waals surface area (Å²) in [6.45, 7) is 4.40. The van der Waals surface area contributed by atoms with Crippen molar-refractivity contribution in [2.24, 2.45) is 0 Å². The van der Waals surface area contributed by atoms with Crippen molar-refractivity contribution in [1.29, 1.82) is 0 Å². The van der Waals surface area contributed by atoms with E-state index in [0.717, 1.165) is 21.3 Å². The third kappa shape index (κ3) is 3.61. The molecule has 1 heterocycles. The summed E-state index contributed by atoms with van der Waals surface area (Å²) in [6.07, 6.45) is 0.831. The zero-order chi connectivity index (χ0) is 13.8. The molecule has 0 saturated heterocycles. The molecule has 0 atom stereocenters. The van der Waals surface area contributed by atoms with Crippen LogP contribution in [-0.2, 0) is 0 Å². The van der Waals surface area contributed by atoms with Crippen LogP contribution in [0.15, 0.2) is 26.7 Å². The number of rotatable bonds is 5. The zero-order valence-electron chi connectivity index (χ0n) is 10.8. The summed E-state index contributed by atoms with van der Waals surface area (Å²) >= 11 is 2.97. The van der Waals surface area contributed by atoms with Gasteiger partial charge in [0.15, 0.2) is 15.9 Å². The lowest BCUT2D eigenvalue weighted by Gasteiger charge is -2.09. The first kappa shape index (κ1) is 14.1. The van der Waals surface area contributed by atoms with Crippen molar-refractivity contribution in [2.75, 3.05) is 12.3 Å². The average Bonchev–Trinajstić information content (AvgIpc) is 2.77. The number of hydrogen-bond acceptors (Lipinski definition) is 5. The van der Waals surface area contributed by atoms with Crippen LogP contribution in [0.2, 0.25) is 0 Å². The van der Waals surface area contributed by atoms with Gasteiger partial charge in [0.2, 0.25) is 0 Å². The van der Waals surface area contributed by atoms with Gasteiger partial charge >= 0.3 is 0 Å². The Morgan fingerprint density at radius 3 is 2.89 bits per heavy atom. The lowest BCUT2D eigenvalue weighted by Crippen LogP contribution is -1.99. The molecule has 102 valence electrons. The number of nitrogens with two attached hydrogens (primary N) is 1. The van der Waals surface area contributed by atoms with Crippen molar-refractivity contribution >= 4 is 28.8 Å². The largest absolute Gasteiger partial charge is 0.490 e. The molecule has 0 fully saturated rings. The van der Waals surface area contributed by atoms with Gasteiger partial charge in [0.1, 0.15) is 0 Å². The number of nitrogen functional groups attached to an aromatic ring is 1. The Kier molecular flexibility index (Phi) is 4.66. The molecule has 19 heavy (non-hydrogen) atoms. The molecule has 6 heteroatoms. The van der Waals surface area contributed by atoms with E-state index >= 15 is 0 Å². The minimum Gasteiger partial charge on any atom is -0.490 e. The Hall–Kier alpha value is -1.27. The highest BCUT2D eigenvalue weighted by molar-refractivity contribution is 8.01. The first-order chi connectivity index (χ1) is 9.10. The van der Waals surface area contributed by atoms with Crippen LogP contribution in [0.4, 0.5) is 10.1 Å². The molecule has 2 aromatic rings. The molecule has 3 nitrogen and oxygen atoms in total. The maximum Gasteiger partial charge on any atom is 0.167 e. The fourth-order valence-electron chi connectivity index (χ4n) is 1.43. The molecular formula is C13H15FN2OS2. The molecule has 1 aromatic carbocycles. The van der Waals surface area contributed by atoms with Crippen LogP contribution in [0, 0.1) is 12.7 Å². The molecule has 0 radical (unpaired) electrons. The molecule has 0 aliphatic carbocycles. The summed E-state index contributed by atoms with van der Waals surface area (Å²) in [5.74, 6) is -0.183. The Morgan fingerprint density at radius 2 is 2.26 bits per heavy atom. The van der Waals surface area contributed by atoms with E-state index in [2.05, 4.69) is 4.98 Å². The van der Waals surface area contributed by atoms with Crippen LogP contribution < -0.4 is 10.5 Å². The number of benzene rings is 1. The van der Waals surface area contributed by atoms with Crippen LogP contribution in [-0.4, -0.2) is 11.6 Å². The van der Waals surface area contributed by atoms with E-state index in [4.69, 9.17) is 10.5 Å². The third-order valence-electron chi connectivity index (χ3n) is 2.32. The van der Waals surface area contributed by atoms with Gasteiger partial charge in [-0.05, 0) is 19.4 Å². The molecule has 0 amide bonds. The predicted molar refractivity (Wildman–Crippen MR) is 77.6 cm³/mol. The number of halogens is 1. The molecule has 0 aliphatic rings. The van der Waals surface area contributed by atoms with Crippen LogP contribution in [0.5, 0.6) is 5.75 Å². The summed E-state index contributed by atoms with van der Waals surface area (Å²) in [6, 6.07) is 2.94. The van der Waals surface area contributed by atoms with E-state index in [9.17, 15) is 4.39 Å². The highest BCUT2D eigenvalue weighted by atomic mass is 32.2. The maximum absolute atomic E-state index is 13.7. The van der Waals surface area contributed by atoms with E-state index < -0.39 is 5.82 Å². The number of aromatic nitrogens is 1. The fraction of sp³-hybridized carbons (Fsp3) is 0.308. The standard InChI is InChI=1S/C13H15FN2OS2/c1-3-4-17-11-6-12(10(15)5-9(11)14)19-13-16-8(2)7-18-13/h5-7H,3-4,15H2,1-2H3. The quantitative estimate of drug-likeness (QED) is 0.844. The highest BCUT2D eigenvalue weighted by Crippen LogP contribution is 2.37. The summed E-state index contributed by atoms with van der Waals surface area (Å²) in [7, 11) is 0. The van der Waals surface area contributed by atoms with Crippen molar-refractivity contribution in [3.63, 3.8) is 0 Å². The van der Waals surface area contributed by atoms with Gasteiger partial charge in [-0.1, -0.05) is 18.7 Å². The smallest absolute Gasteiger partial charge is 0.167 e. The van der Waals surface area contributed by atoms with Gasteiger partial charge in [0, 0.05) is 27.7 Å². The molecule has 2 rings (SSSR count). The van der Waals surface area contributed by atoms with Crippen molar-refractivity contribution in [1.82, 2.24) is 4.98 Å². The number of thiazole rings is 1. The van der Waals surface area contributed by atoms with Gasteiger partial charge < -0.3 is 10.5 Å². The molecule has 1 aromatic heterocycles. The second-order valence-electron chi connectivity index (χ2n) is 4.03. The molecule has 0 spiro atoms. The first-order valence-corrected chi connectivity index (χ1v) is 7.61. The van der Waals surface area contributed by atoms with Crippen molar-refractivity contribution in [3.05, 3.63) is 29.0 Å². The Morgan fingerprint density at radius 1 is 1.47 bits per heavy atom. The summed E-state index contributed by atoms with van der Waals surface area (Å²) in [5, 5.41) is 1.97. The van der Waals surface area contributed by atoms with Gasteiger partial charge in [-0.2, -0.15) is 0 Å². The molecule has 0 aliphatic heterocycles. The Balaban J connectivity index is 2.24. The monoisotopic (exact) mass is 298 g/mol. The summed E-state index contributed by atoms with van der Waals surface area (Å²) in [5.41, 5.74) is 7.20. The normalized spacial score (nSPS) is 10.7. The number of hydrogen-bond donors (Lipinski definition) is 1. The number of anilines is 1. The lowest BCUT2D eigenvalue weighted by molar-refractivity contribution is 0.300. The van der Waals surface area contributed by atoms with E-state index in [-0.39, 0.29) is 5.75 Å². The molecule has 0 unspecified atom stereocenters. The second-order valence-corrected chi connectivity index (χ2v) is 6.17. The van der Waals surface area contributed by atoms with Crippen molar-refractivity contribution in [3.8, 4) is 5.75 Å². The topological polar surface area (TPSA) is 48.1 Å². The minimum absolute atomic E-state index is 0.242. The number of aryl methyl sites for hydroxylation is 1. The van der Waals surface area contributed by atoms with Gasteiger partial charge in [0.05, 0.1) is 6.61 Å². The van der Waals surface area contributed by atoms with Gasteiger partial charge in [-0.25, -0.2) is 9.37 Å². The van der Waals surface area contributed by atoms with Crippen LogP contribution in [0.3, 0.4) is 0 Å². The van der Waals surface area contributed by atoms with Crippen molar-refractivity contribution in [2.45, 2.75) is 29.5 Å². The summed E-state index contributed by atoms with van der Waals surface area (Å²) < 4.78 is 19.9. The molecular weight excluding hydrogens is 283 g/mol. The SMILES string of the molecule is CCCOc1cc(Sc2nc(C)cs2)c(N)cc1F. The van der Waals surface area contributed by atoms with Crippen LogP contribution in [0.25, 0.3) is 0 Å². The van der Waals surface area contributed by atoms with Gasteiger partial charge in [0.25, 0.3) is 0 Å². The van der Waals surface area contributed by atoms with E-state index in [1.165, 1.54) is 17.8 Å². The average molecular weight is 298 g/mol. The van der Waals surface area contributed by atoms with Gasteiger partial charge in [-0.15, -0.1) is 11.3 Å².